The smallest absolute Gasteiger partial charge is 0.120 e. The van der Waals surface area contributed by atoms with E-state index in [1.54, 1.807) is 0 Å². The maximum atomic E-state index is 6.21. The van der Waals surface area contributed by atoms with E-state index in [1.807, 2.05) is 0 Å². The van der Waals surface area contributed by atoms with Crippen LogP contribution in [-0.4, -0.2) is 77.3 Å². The molecule has 4 aliphatic heterocycles. The lowest BCUT2D eigenvalue weighted by Gasteiger charge is -2.36. The van der Waals surface area contributed by atoms with Crippen molar-refractivity contribution in [1.29, 1.82) is 0 Å². The summed E-state index contributed by atoms with van der Waals surface area (Å²) in [5.41, 5.74) is 13.2. The summed E-state index contributed by atoms with van der Waals surface area (Å²) in [5, 5.41) is 9.09. The van der Waals surface area contributed by atoms with E-state index in [0.717, 1.165) is 92.5 Å². The largest absolute Gasteiger partial charge is 0.491 e. The Balaban J connectivity index is 0.893. The number of rotatable bonds is 16. The number of hydrogen-bond acceptors (Lipinski definition) is 8. The van der Waals surface area contributed by atoms with Gasteiger partial charge in [-0.3, -0.25) is 0 Å². The molecule has 11 aromatic carbocycles. The van der Waals surface area contributed by atoms with Crippen molar-refractivity contribution < 1.29 is 37.9 Å². The normalized spacial score (nSPS) is 22.4. The van der Waals surface area contributed by atoms with E-state index in [0.29, 0.717) is 26.4 Å². The topological polar surface area (TPSA) is 87.0 Å². The number of ether oxygens (including phenoxy) is 8. The minimum atomic E-state index is -0.719. The Hall–Kier alpha value is -8.50. The van der Waals surface area contributed by atoms with Gasteiger partial charge in [-0.2, -0.15) is 0 Å². The summed E-state index contributed by atoms with van der Waals surface area (Å²) in [7, 11) is 0. The molecular weight excluding hydrogens is 993 g/mol. The zero-order chi connectivity index (χ0) is 52.5. The Morgan fingerprint density at radius 3 is 0.825 bits per heavy atom. The summed E-state index contributed by atoms with van der Waals surface area (Å²) in [6.45, 7) is 5.25. The molecule has 11 aromatic rings. The Labute approximate surface area is 462 Å². The molecule has 17 rings (SSSR count). The Kier molecular flexibility index (Phi) is 10.5. The van der Waals surface area contributed by atoms with Gasteiger partial charge in [-0.25, -0.2) is 0 Å². The van der Waals surface area contributed by atoms with Crippen molar-refractivity contribution in [2.24, 2.45) is 0 Å². The molecule has 0 bridgehead atoms. The maximum absolute atomic E-state index is 6.21. The van der Waals surface area contributed by atoms with Gasteiger partial charge in [0, 0.05) is 0 Å². The van der Waals surface area contributed by atoms with Gasteiger partial charge in [-0.1, -0.05) is 121 Å². The molecule has 6 aliphatic rings. The van der Waals surface area contributed by atoms with Gasteiger partial charge in [-0.05, 0) is 195 Å². The van der Waals surface area contributed by atoms with Gasteiger partial charge in [0.25, 0.3) is 0 Å². The average Bonchev–Trinajstić information content (AvgIpc) is 3.76. The third kappa shape index (κ3) is 7.72. The monoisotopic (exact) mass is 1050 g/mol. The molecule has 8 heteroatoms. The van der Waals surface area contributed by atoms with E-state index in [2.05, 4.69) is 206 Å². The lowest BCUT2D eigenvalue weighted by atomic mass is 9.65. The van der Waals surface area contributed by atoms with Gasteiger partial charge in [0.1, 0.15) is 73.8 Å². The molecular formula is C72H54O8. The highest BCUT2D eigenvalue weighted by atomic mass is 16.6. The molecule has 0 radical (unpaired) electrons. The second-order valence-corrected chi connectivity index (χ2v) is 22.5. The molecule has 4 saturated heterocycles. The predicted octanol–water partition coefficient (Wildman–Crippen LogP) is 14.1. The van der Waals surface area contributed by atoms with Crippen LogP contribution in [0.1, 0.15) is 44.5 Å². The molecule has 4 unspecified atom stereocenters. The summed E-state index contributed by atoms with van der Waals surface area (Å²) in [6.07, 6.45) is 0.707. The van der Waals surface area contributed by atoms with Gasteiger partial charge >= 0.3 is 0 Å². The zero-order valence-electron chi connectivity index (χ0n) is 43.9. The van der Waals surface area contributed by atoms with Crippen molar-refractivity contribution in [2.75, 3.05) is 52.9 Å². The van der Waals surface area contributed by atoms with E-state index in [9.17, 15) is 0 Å². The molecule has 4 heterocycles. The van der Waals surface area contributed by atoms with Crippen LogP contribution in [-0.2, 0) is 29.8 Å². The standard InChI is InChI=1S/C72H54O8/c1-3-7-67-63(5-1)65-33-70-66(34-69(65)71(67,51-17-9-47-29-55(21-13-43(47)25-51)73-35-59-39-77-59)52-18-10-48-30-56(22-14-44(48)26-52)74-36-60-40-78-60)64-6-2-4-8-68(64)72(70,53-19-11-49-31-57(23-15-45(49)27-53)75-37-61-41-79-61)54-20-12-50-32-58(24-16-46(50)28-54)76-38-62-42-80-62/h1-34,59-62H,35-42H2/t59-,60?,61?,62?,71?,72?/m1/s1. The van der Waals surface area contributed by atoms with Crippen LogP contribution < -0.4 is 18.9 Å². The van der Waals surface area contributed by atoms with Crippen LogP contribution in [0, 0.1) is 0 Å². The van der Waals surface area contributed by atoms with Crippen LogP contribution >= 0.6 is 0 Å². The average molecular weight is 1050 g/mol. The molecule has 0 N–H and O–H groups in total. The fourth-order valence-corrected chi connectivity index (χ4v) is 13.2. The summed E-state index contributed by atoms with van der Waals surface area (Å²) in [5.74, 6) is 3.39. The summed E-state index contributed by atoms with van der Waals surface area (Å²) < 4.78 is 46.7. The van der Waals surface area contributed by atoms with E-state index < -0.39 is 10.8 Å². The van der Waals surface area contributed by atoms with Gasteiger partial charge in [0.15, 0.2) is 0 Å². The molecule has 0 saturated carbocycles. The van der Waals surface area contributed by atoms with Gasteiger partial charge < -0.3 is 37.9 Å². The first-order chi connectivity index (χ1) is 39.5. The highest BCUT2D eigenvalue weighted by Gasteiger charge is 2.52. The van der Waals surface area contributed by atoms with Crippen LogP contribution in [0.15, 0.2) is 206 Å². The quantitative estimate of drug-likeness (QED) is 0.0885. The molecule has 390 valence electrons. The molecule has 5 atom stereocenters. The van der Waals surface area contributed by atoms with Crippen LogP contribution in [0.4, 0.5) is 0 Å². The molecule has 4 fully saturated rings. The fourth-order valence-electron chi connectivity index (χ4n) is 13.2. The Morgan fingerprint density at radius 2 is 0.537 bits per heavy atom. The van der Waals surface area contributed by atoms with Crippen LogP contribution in [0.25, 0.3) is 65.3 Å². The lowest BCUT2D eigenvalue weighted by molar-refractivity contribution is 0.263. The van der Waals surface area contributed by atoms with Gasteiger partial charge in [-0.15, -0.1) is 0 Å². The molecule has 80 heavy (non-hydrogen) atoms. The number of epoxide rings is 4. The van der Waals surface area contributed by atoms with Crippen molar-refractivity contribution in [2.45, 2.75) is 35.2 Å². The van der Waals surface area contributed by atoms with E-state index >= 15 is 0 Å². The van der Waals surface area contributed by atoms with E-state index in [1.165, 1.54) is 66.8 Å². The third-order valence-electron chi connectivity index (χ3n) is 17.5. The third-order valence-corrected chi connectivity index (χ3v) is 17.5. The Bertz CT molecular complexity index is 3860. The van der Waals surface area contributed by atoms with Crippen molar-refractivity contribution in [1.82, 2.24) is 0 Å². The minimum Gasteiger partial charge on any atom is -0.491 e. The predicted molar refractivity (Wildman–Crippen MR) is 312 cm³/mol. The number of benzene rings is 11. The van der Waals surface area contributed by atoms with Crippen LogP contribution in [0.3, 0.4) is 0 Å². The molecule has 2 aliphatic carbocycles. The SMILES string of the molecule is c1ccc2c(c1)-c1cc3c(cc1C2(c1ccc2cc(OCC4CO4)ccc2c1)c1ccc2cc(OCC4CO4)ccc2c1)-c1ccccc1C3(c1ccc2cc(OCC3CO3)ccc2c1)c1ccc2cc(OC[C@@H]3CO3)ccc2c1. The van der Waals surface area contributed by atoms with Gasteiger partial charge in [0.05, 0.1) is 37.3 Å². The highest BCUT2D eigenvalue weighted by Crippen LogP contribution is 2.63. The second-order valence-electron chi connectivity index (χ2n) is 22.5. The minimum absolute atomic E-state index is 0.177. The summed E-state index contributed by atoms with van der Waals surface area (Å²) in [6, 6.07) is 77.4. The number of hydrogen-bond donors (Lipinski definition) is 0. The number of fused-ring (bicyclic) bond motifs is 10. The zero-order valence-corrected chi connectivity index (χ0v) is 43.9. The van der Waals surface area contributed by atoms with Crippen LogP contribution in [0.2, 0.25) is 0 Å². The first-order valence-corrected chi connectivity index (χ1v) is 28.0. The molecule has 0 amide bonds. The summed E-state index contributed by atoms with van der Waals surface area (Å²) >= 11 is 0. The first-order valence-electron chi connectivity index (χ1n) is 28.0. The van der Waals surface area contributed by atoms with Crippen LogP contribution in [0.5, 0.6) is 23.0 Å². The van der Waals surface area contributed by atoms with Crippen molar-refractivity contribution in [3.05, 3.63) is 251 Å². The molecule has 0 spiro atoms. The van der Waals surface area contributed by atoms with E-state index in [-0.39, 0.29) is 24.4 Å². The second kappa shape index (κ2) is 18.0. The van der Waals surface area contributed by atoms with Crippen molar-refractivity contribution >= 4 is 43.1 Å². The highest BCUT2D eigenvalue weighted by molar-refractivity contribution is 5.98. The first kappa shape index (κ1) is 46.4. The fraction of sp³-hybridized carbons (Fsp3) is 0.194. The van der Waals surface area contributed by atoms with Crippen molar-refractivity contribution in [3.63, 3.8) is 0 Å². The maximum Gasteiger partial charge on any atom is 0.120 e. The lowest BCUT2D eigenvalue weighted by Crippen LogP contribution is -2.30. The summed E-state index contributed by atoms with van der Waals surface area (Å²) in [4.78, 5) is 0. The Morgan fingerprint density at radius 1 is 0.275 bits per heavy atom. The van der Waals surface area contributed by atoms with Gasteiger partial charge in [0.2, 0.25) is 0 Å². The van der Waals surface area contributed by atoms with E-state index in [4.69, 9.17) is 37.9 Å². The molecule has 0 aromatic heterocycles. The molecule has 8 nitrogen and oxygen atoms in total. The van der Waals surface area contributed by atoms with Crippen molar-refractivity contribution in [3.8, 4) is 45.3 Å².